The molecule has 0 atom stereocenters. The molecule has 0 unspecified atom stereocenters. The Kier molecular flexibility index (Phi) is 6.67. The molecule has 0 aromatic rings. The maximum absolute atomic E-state index is 11.9. The van der Waals surface area contributed by atoms with Crippen molar-refractivity contribution >= 4 is 25.0 Å². The molecule has 0 aliphatic rings. The third-order valence-corrected chi connectivity index (χ3v) is 3.67. The molecule has 1 N–H and O–H groups in total. The van der Waals surface area contributed by atoms with Crippen LogP contribution in [-0.4, -0.2) is 18.2 Å². The van der Waals surface area contributed by atoms with E-state index >= 15 is 0 Å². The van der Waals surface area contributed by atoms with Gasteiger partial charge in [0.15, 0.2) is 0 Å². The van der Waals surface area contributed by atoms with E-state index in [2.05, 4.69) is 5.48 Å². The molecule has 0 aliphatic carbocycles. The van der Waals surface area contributed by atoms with Crippen LogP contribution in [0.3, 0.4) is 0 Å². The Bertz CT molecular complexity index is 267. The van der Waals surface area contributed by atoms with Crippen LogP contribution in [0.5, 0.6) is 0 Å². The third-order valence-electron chi connectivity index (χ3n) is 1.51. The van der Waals surface area contributed by atoms with Crippen LogP contribution in [0.25, 0.3) is 0 Å². The molecule has 0 spiro atoms. The fraction of sp³-hybridized carbons (Fsp3) is 0.889. The molecule has 0 rings (SSSR count). The summed E-state index contributed by atoms with van der Waals surface area (Å²) in [4.78, 5) is 0.437. The average molecular weight is 269 g/mol. The number of hydrogen-bond acceptors (Lipinski definition) is 5. The summed E-state index contributed by atoms with van der Waals surface area (Å²) in [6.07, 6.45) is 0. The van der Waals surface area contributed by atoms with Crippen LogP contribution in [0.4, 0.5) is 0 Å². The zero-order valence-corrected chi connectivity index (χ0v) is 12.1. The smallest absolute Gasteiger partial charge is 0.286 e. The molecule has 0 saturated carbocycles. The van der Waals surface area contributed by atoms with E-state index < -0.39 is 7.82 Å². The molecule has 0 aliphatic heterocycles. The van der Waals surface area contributed by atoms with Gasteiger partial charge in [0.05, 0.1) is 13.2 Å². The number of phosphoric acid groups is 1. The van der Waals surface area contributed by atoms with Crippen LogP contribution in [0.15, 0.2) is 0 Å². The summed E-state index contributed by atoms with van der Waals surface area (Å²) in [5, 5.41) is 0. The van der Waals surface area contributed by atoms with Crippen molar-refractivity contribution in [3.05, 3.63) is 0 Å². The molecule has 0 radical (unpaired) electrons. The second kappa shape index (κ2) is 6.67. The van der Waals surface area contributed by atoms with Gasteiger partial charge in [0.25, 0.3) is 0 Å². The highest BCUT2D eigenvalue weighted by molar-refractivity contribution is 7.80. The highest BCUT2D eigenvalue weighted by Gasteiger charge is 2.28. The van der Waals surface area contributed by atoms with Crippen LogP contribution in [0, 0.1) is 5.41 Å². The summed E-state index contributed by atoms with van der Waals surface area (Å²) < 4.78 is 26.6. The molecule has 0 fully saturated rings. The number of rotatable bonds is 6. The number of hydroxylamine groups is 1. The Morgan fingerprint density at radius 1 is 1.25 bits per heavy atom. The molecular weight excluding hydrogens is 249 g/mol. The van der Waals surface area contributed by atoms with Crippen LogP contribution in [0.2, 0.25) is 0 Å². The van der Waals surface area contributed by atoms with E-state index in [4.69, 9.17) is 25.9 Å². The monoisotopic (exact) mass is 269 g/mol. The fourth-order valence-corrected chi connectivity index (χ4v) is 1.78. The van der Waals surface area contributed by atoms with Gasteiger partial charge in [-0.15, -0.1) is 0 Å². The van der Waals surface area contributed by atoms with E-state index in [1.165, 1.54) is 0 Å². The summed E-state index contributed by atoms with van der Waals surface area (Å²) in [7, 11) is -3.54. The van der Waals surface area contributed by atoms with Crippen molar-refractivity contribution < 1.29 is 18.2 Å². The van der Waals surface area contributed by atoms with E-state index in [9.17, 15) is 4.57 Å². The van der Waals surface area contributed by atoms with Crippen molar-refractivity contribution in [1.29, 1.82) is 0 Å². The molecule has 7 heteroatoms. The highest BCUT2D eigenvalue weighted by atomic mass is 32.1. The third kappa shape index (κ3) is 5.92. The normalized spacial score (nSPS) is 12.6. The Labute approximate surface area is 102 Å². The maximum atomic E-state index is 11.9. The molecule has 0 amide bonds. The molecule has 96 valence electrons. The maximum Gasteiger partial charge on any atom is 0.496 e. The van der Waals surface area contributed by atoms with E-state index in [0.29, 0.717) is 4.99 Å². The summed E-state index contributed by atoms with van der Waals surface area (Å²) in [5.74, 6) is 0. The summed E-state index contributed by atoms with van der Waals surface area (Å²) >= 11 is 5.06. The molecular formula is C9H20NO4PS. The first-order valence-electron chi connectivity index (χ1n) is 5.13. The number of phosphoric ester groups is 1. The largest absolute Gasteiger partial charge is 0.496 e. The van der Waals surface area contributed by atoms with Crippen molar-refractivity contribution in [3.63, 3.8) is 0 Å². The second-order valence-corrected chi connectivity index (χ2v) is 6.06. The number of thiocarbonyl (C=S) groups is 1. The molecule has 0 aromatic heterocycles. The molecule has 0 bridgehead atoms. The molecule has 16 heavy (non-hydrogen) atoms. The van der Waals surface area contributed by atoms with Crippen LogP contribution >= 0.6 is 20.0 Å². The first-order valence-corrected chi connectivity index (χ1v) is 7.00. The first kappa shape index (κ1) is 16.0. The SMILES string of the molecule is CCOP(=O)(OCC)ONC(=S)C(C)(C)C. The van der Waals surface area contributed by atoms with Gasteiger partial charge < -0.3 is 0 Å². The summed E-state index contributed by atoms with van der Waals surface area (Å²) in [5.41, 5.74) is 2.19. The Hall–Kier alpha value is -0.0000000000000000278. The number of nitrogens with one attached hydrogen (secondary N) is 1. The van der Waals surface area contributed by atoms with Crippen molar-refractivity contribution in [3.8, 4) is 0 Å². The zero-order valence-electron chi connectivity index (χ0n) is 10.4. The van der Waals surface area contributed by atoms with E-state index in [0.717, 1.165) is 0 Å². The van der Waals surface area contributed by atoms with Crippen molar-refractivity contribution in [1.82, 2.24) is 5.48 Å². The molecule has 0 heterocycles. The highest BCUT2D eigenvalue weighted by Crippen LogP contribution is 2.48. The molecule has 0 saturated heterocycles. The minimum absolute atomic E-state index is 0.237. The summed E-state index contributed by atoms with van der Waals surface area (Å²) in [6.45, 7) is 9.63. The van der Waals surface area contributed by atoms with Crippen LogP contribution in [0.1, 0.15) is 34.6 Å². The quantitative estimate of drug-likeness (QED) is 0.454. The van der Waals surface area contributed by atoms with Crippen molar-refractivity contribution in [2.45, 2.75) is 34.6 Å². The lowest BCUT2D eigenvalue weighted by Crippen LogP contribution is -2.32. The van der Waals surface area contributed by atoms with Gasteiger partial charge in [0.2, 0.25) is 0 Å². The minimum atomic E-state index is -3.54. The van der Waals surface area contributed by atoms with E-state index in [1.54, 1.807) is 13.8 Å². The van der Waals surface area contributed by atoms with Gasteiger partial charge in [-0.1, -0.05) is 33.0 Å². The standard InChI is InChI=1S/C9H20NO4PS/c1-6-12-15(11,13-7-2)14-10-8(16)9(3,4)5/h6-7H2,1-5H3,(H,10,16). The predicted molar refractivity (Wildman–Crippen MR) is 67.1 cm³/mol. The first-order chi connectivity index (χ1) is 7.25. The molecule has 5 nitrogen and oxygen atoms in total. The van der Waals surface area contributed by atoms with Gasteiger partial charge >= 0.3 is 7.82 Å². The molecule has 0 aromatic carbocycles. The van der Waals surface area contributed by atoms with Crippen molar-refractivity contribution in [2.75, 3.05) is 13.2 Å². The van der Waals surface area contributed by atoms with Gasteiger partial charge in [-0.05, 0) is 13.8 Å². The lowest BCUT2D eigenvalue weighted by atomic mass is 9.97. The van der Waals surface area contributed by atoms with Crippen LogP contribution in [-0.2, 0) is 18.2 Å². The van der Waals surface area contributed by atoms with Gasteiger partial charge in [-0.2, -0.15) is 4.62 Å². The van der Waals surface area contributed by atoms with Gasteiger partial charge in [-0.25, -0.2) is 10.0 Å². The van der Waals surface area contributed by atoms with E-state index in [-0.39, 0.29) is 18.6 Å². The lowest BCUT2D eigenvalue weighted by molar-refractivity contribution is 0.0989. The minimum Gasteiger partial charge on any atom is -0.286 e. The lowest BCUT2D eigenvalue weighted by Gasteiger charge is -2.23. The van der Waals surface area contributed by atoms with Crippen molar-refractivity contribution in [2.24, 2.45) is 5.41 Å². The Balaban J connectivity index is 4.33. The van der Waals surface area contributed by atoms with Gasteiger partial charge in [-0.3, -0.25) is 9.05 Å². The Morgan fingerprint density at radius 2 is 1.69 bits per heavy atom. The fourth-order valence-electron chi connectivity index (χ4n) is 0.657. The second-order valence-electron chi connectivity index (χ2n) is 4.06. The zero-order chi connectivity index (χ0) is 12.8. The van der Waals surface area contributed by atoms with Gasteiger partial charge in [0.1, 0.15) is 4.99 Å². The topological polar surface area (TPSA) is 56.8 Å². The average Bonchev–Trinajstić information content (AvgIpc) is 2.13. The van der Waals surface area contributed by atoms with E-state index in [1.807, 2.05) is 20.8 Å². The number of hydrogen-bond donors (Lipinski definition) is 1. The van der Waals surface area contributed by atoms with Gasteiger partial charge in [0, 0.05) is 5.41 Å². The Morgan fingerprint density at radius 3 is 2.00 bits per heavy atom. The predicted octanol–water partition coefficient (Wildman–Crippen LogP) is 3.06. The van der Waals surface area contributed by atoms with Crippen LogP contribution < -0.4 is 5.48 Å². The summed E-state index contributed by atoms with van der Waals surface area (Å²) in [6, 6.07) is 0.